The van der Waals surface area contributed by atoms with Gasteiger partial charge in [0.2, 0.25) is 0 Å². The molecule has 2 rings (SSSR count). The van der Waals surface area contributed by atoms with Gasteiger partial charge in [-0.15, -0.1) is 22.7 Å². The molecule has 3 heteroatoms. The van der Waals surface area contributed by atoms with Crippen LogP contribution in [0.25, 0.3) is 0 Å². The van der Waals surface area contributed by atoms with Crippen LogP contribution in [0.3, 0.4) is 0 Å². The topological polar surface area (TPSA) is 17.1 Å². The maximum atomic E-state index is 11.6. The molecule has 0 aliphatic rings. The third-order valence-corrected chi connectivity index (χ3v) is 3.50. The largest absolute Gasteiger partial charge is 0.293 e. The van der Waals surface area contributed by atoms with Gasteiger partial charge in [0, 0.05) is 11.3 Å². The Morgan fingerprint density at radius 1 is 1.15 bits per heavy atom. The van der Waals surface area contributed by atoms with E-state index in [4.69, 9.17) is 0 Å². The fraction of sp³-hybridized carbons (Fsp3) is 0.100. The smallest absolute Gasteiger partial charge is 0.177 e. The highest BCUT2D eigenvalue weighted by Gasteiger charge is 2.07. The lowest BCUT2D eigenvalue weighted by molar-refractivity contribution is 0.0997. The summed E-state index contributed by atoms with van der Waals surface area (Å²) < 4.78 is 0. The van der Waals surface area contributed by atoms with E-state index in [1.54, 1.807) is 11.3 Å². The third-order valence-electron chi connectivity index (χ3n) is 1.71. The van der Waals surface area contributed by atoms with E-state index >= 15 is 0 Å². The van der Waals surface area contributed by atoms with E-state index in [9.17, 15) is 4.79 Å². The first-order valence-corrected chi connectivity index (χ1v) is 5.71. The first kappa shape index (κ1) is 8.66. The molecular weight excluding hydrogens is 200 g/mol. The highest BCUT2D eigenvalue weighted by molar-refractivity contribution is 7.12. The van der Waals surface area contributed by atoms with Crippen LogP contribution in [0.5, 0.6) is 0 Å². The fourth-order valence-electron chi connectivity index (χ4n) is 1.10. The summed E-state index contributed by atoms with van der Waals surface area (Å²) in [4.78, 5) is 13.6. The first-order chi connectivity index (χ1) is 6.36. The zero-order valence-electron chi connectivity index (χ0n) is 6.90. The second-order valence-corrected chi connectivity index (χ2v) is 4.64. The van der Waals surface area contributed by atoms with E-state index in [0.29, 0.717) is 6.42 Å². The summed E-state index contributed by atoms with van der Waals surface area (Å²) in [5.74, 6) is 0.220. The summed E-state index contributed by atoms with van der Waals surface area (Å²) >= 11 is 3.14. The number of thiophene rings is 2. The molecule has 66 valence electrons. The van der Waals surface area contributed by atoms with Gasteiger partial charge in [-0.2, -0.15) is 0 Å². The number of carbonyl (C=O) groups is 1. The maximum Gasteiger partial charge on any atom is 0.177 e. The Morgan fingerprint density at radius 3 is 2.54 bits per heavy atom. The maximum absolute atomic E-state index is 11.6. The van der Waals surface area contributed by atoms with Crippen LogP contribution in [0.2, 0.25) is 0 Å². The molecule has 0 amide bonds. The van der Waals surface area contributed by atoms with Crippen LogP contribution < -0.4 is 0 Å². The van der Waals surface area contributed by atoms with Gasteiger partial charge in [0.05, 0.1) is 4.88 Å². The highest BCUT2D eigenvalue weighted by atomic mass is 32.1. The van der Waals surface area contributed by atoms with Crippen molar-refractivity contribution in [2.45, 2.75) is 6.42 Å². The average molecular weight is 208 g/mol. The summed E-state index contributed by atoms with van der Waals surface area (Å²) in [5.41, 5.74) is 0. The number of hydrogen-bond donors (Lipinski definition) is 0. The van der Waals surface area contributed by atoms with E-state index < -0.39 is 0 Å². The predicted octanol–water partition coefficient (Wildman–Crippen LogP) is 3.24. The average Bonchev–Trinajstić information content (AvgIpc) is 2.74. The predicted molar refractivity (Wildman–Crippen MR) is 56.7 cm³/mol. The molecule has 0 fully saturated rings. The standard InChI is InChI=1S/C10H8OS2/c11-9(10-4-2-6-13-10)7-8-3-1-5-12-8/h1-6H,7H2. The van der Waals surface area contributed by atoms with Gasteiger partial charge < -0.3 is 0 Å². The Balaban J connectivity index is 2.08. The van der Waals surface area contributed by atoms with Gasteiger partial charge in [0.1, 0.15) is 0 Å². The van der Waals surface area contributed by atoms with Gasteiger partial charge in [0.15, 0.2) is 5.78 Å². The third kappa shape index (κ3) is 2.05. The van der Waals surface area contributed by atoms with Gasteiger partial charge in [-0.3, -0.25) is 4.79 Å². The zero-order valence-corrected chi connectivity index (χ0v) is 8.53. The quantitative estimate of drug-likeness (QED) is 0.708. The minimum absolute atomic E-state index is 0.220. The van der Waals surface area contributed by atoms with Crippen molar-refractivity contribution in [2.24, 2.45) is 0 Å². The van der Waals surface area contributed by atoms with Gasteiger partial charge in [-0.05, 0) is 22.9 Å². The molecule has 2 heterocycles. The monoisotopic (exact) mass is 208 g/mol. The van der Waals surface area contributed by atoms with Gasteiger partial charge in [-0.25, -0.2) is 0 Å². The molecule has 0 bridgehead atoms. The molecule has 0 aromatic carbocycles. The Hall–Kier alpha value is -0.930. The van der Waals surface area contributed by atoms with Crippen molar-refractivity contribution < 1.29 is 4.79 Å². The minimum atomic E-state index is 0.220. The van der Waals surface area contributed by atoms with Crippen molar-refractivity contribution in [1.82, 2.24) is 0 Å². The molecule has 0 aliphatic heterocycles. The van der Waals surface area contributed by atoms with E-state index in [1.165, 1.54) is 11.3 Å². The van der Waals surface area contributed by atoms with E-state index in [1.807, 2.05) is 35.0 Å². The summed E-state index contributed by atoms with van der Waals surface area (Å²) in [7, 11) is 0. The molecule has 0 spiro atoms. The molecule has 0 saturated carbocycles. The zero-order chi connectivity index (χ0) is 9.10. The first-order valence-electron chi connectivity index (χ1n) is 3.95. The van der Waals surface area contributed by atoms with Crippen LogP contribution in [-0.2, 0) is 6.42 Å². The molecule has 0 N–H and O–H groups in total. The lowest BCUT2D eigenvalue weighted by Gasteiger charge is -1.93. The Labute approximate surface area is 84.7 Å². The lowest BCUT2D eigenvalue weighted by Crippen LogP contribution is -1.98. The molecule has 2 aromatic heterocycles. The van der Waals surface area contributed by atoms with E-state index in [2.05, 4.69) is 0 Å². The van der Waals surface area contributed by atoms with Crippen LogP contribution in [0, 0.1) is 0 Å². The molecule has 13 heavy (non-hydrogen) atoms. The van der Waals surface area contributed by atoms with Crippen molar-refractivity contribution in [3.8, 4) is 0 Å². The molecule has 0 aliphatic carbocycles. The Morgan fingerprint density at radius 2 is 1.92 bits per heavy atom. The van der Waals surface area contributed by atoms with E-state index in [-0.39, 0.29) is 5.78 Å². The summed E-state index contributed by atoms with van der Waals surface area (Å²) in [5, 5.41) is 3.93. The molecule has 0 radical (unpaired) electrons. The van der Waals surface area contributed by atoms with E-state index in [0.717, 1.165) is 9.75 Å². The minimum Gasteiger partial charge on any atom is -0.293 e. The second kappa shape index (κ2) is 3.85. The fourth-order valence-corrected chi connectivity index (χ4v) is 2.46. The lowest BCUT2D eigenvalue weighted by atomic mass is 10.2. The highest BCUT2D eigenvalue weighted by Crippen LogP contribution is 2.15. The molecule has 0 atom stereocenters. The van der Waals surface area contributed by atoms with Gasteiger partial charge in [-0.1, -0.05) is 12.1 Å². The SMILES string of the molecule is O=C(Cc1cccs1)c1cccs1. The number of Topliss-reactive ketones (excluding diaryl/α,β-unsaturated/α-hetero) is 1. The van der Waals surface area contributed by atoms with Crippen molar-refractivity contribution in [2.75, 3.05) is 0 Å². The molecule has 1 nitrogen and oxygen atoms in total. The van der Waals surface area contributed by atoms with Crippen LogP contribution >= 0.6 is 22.7 Å². The number of hydrogen-bond acceptors (Lipinski definition) is 3. The van der Waals surface area contributed by atoms with Crippen LogP contribution in [0.4, 0.5) is 0 Å². The Bertz CT molecular complexity index is 373. The Kier molecular flexibility index (Phi) is 2.57. The molecule has 2 aromatic rings. The summed E-state index contributed by atoms with van der Waals surface area (Å²) in [6.07, 6.45) is 0.540. The van der Waals surface area contributed by atoms with Crippen molar-refractivity contribution >= 4 is 28.5 Å². The van der Waals surface area contributed by atoms with Crippen molar-refractivity contribution in [3.63, 3.8) is 0 Å². The van der Waals surface area contributed by atoms with Gasteiger partial charge in [0.25, 0.3) is 0 Å². The van der Waals surface area contributed by atoms with Crippen molar-refractivity contribution in [1.29, 1.82) is 0 Å². The summed E-state index contributed by atoms with van der Waals surface area (Å²) in [6.45, 7) is 0. The van der Waals surface area contributed by atoms with Crippen LogP contribution in [0.15, 0.2) is 35.0 Å². The van der Waals surface area contributed by atoms with Crippen LogP contribution in [-0.4, -0.2) is 5.78 Å². The molecule has 0 unspecified atom stereocenters. The number of ketones is 1. The number of rotatable bonds is 3. The van der Waals surface area contributed by atoms with Crippen molar-refractivity contribution in [3.05, 3.63) is 44.8 Å². The number of carbonyl (C=O) groups excluding carboxylic acids is 1. The normalized spacial score (nSPS) is 10.2. The molecular formula is C10H8OS2. The van der Waals surface area contributed by atoms with Crippen LogP contribution in [0.1, 0.15) is 14.5 Å². The second-order valence-electron chi connectivity index (χ2n) is 2.66. The molecule has 0 saturated heterocycles. The van der Waals surface area contributed by atoms with Gasteiger partial charge >= 0.3 is 0 Å². The summed E-state index contributed by atoms with van der Waals surface area (Å²) in [6, 6.07) is 7.75.